The summed E-state index contributed by atoms with van der Waals surface area (Å²) in [5.41, 5.74) is 1.44. The summed E-state index contributed by atoms with van der Waals surface area (Å²) < 4.78 is 0.955. The van der Waals surface area contributed by atoms with Gasteiger partial charge in [0.1, 0.15) is 0 Å². The molecule has 0 aliphatic carbocycles. The van der Waals surface area contributed by atoms with E-state index in [0.717, 1.165) is 21.9 Å². The van der Waals surface area contributed by atoms with E-state index >= 15 is 0 Å². The quantitative estimate of drug-likeness (QED) is 0.400. The second-order valence-corrected chi connectivity index (χ2v) is 5.62. The number of hydrogen-bond donors (Lipinski definition) is 0. The Balaban J connectivity index is 1.98. The number of ketones is 1. The molecule has 0 radical (unpaired) electrons. The first kappa shape index (κ1) is 13.5. The van der Waals surface area contributed by atoms with Crippen LogP contribution >= 0.6 is 11.3 Å². The van der Waals surface area contributed by atoms with Gasteiger partial charge in [-0.2, -0.15) is 0 Å². The second kappa shape index (κ2) is 5.85. The average Bonchev–Trinajstić information content (AvgIpc) is 2.92. The molecule has 0 amide bonds. The Morgan fingerprint density at radius 2 is 1.67 bits per heavy atom. The molecule has 0 bridgehead atoms. The highest BCUT2D eigenvalue weighted by Gasteiger charge is 2.15. The summed E-state index contributed by atoms with van der Waals surface area (Å²) in [4.78, 5) is 24.1. The lowest BCUT2D eigenvalue weighted by molar-refractivity contribution is 0.104. The van der Waals surface area contributed by atoms with Crippen LogP contribution in [0.5, 0.6) is 0 Å². The smallest absolute Gasteiger partial charge is 0.196 e. The normalized spacial score (nSPS) is 11.0. The molecule has 3 heteroatoms. The molecule has 0 atom stereocenters. The van der Waals surface area contributed by atoms with E-state index in [9.17, 15) is 9.59 Å². The van der Waals surface area contributed by atoms with Crippen LogP contribution in [0.2, 0.25) is 0 Å². The molecule has 2 aromatic carbocycles. The van der Waals surface area contributed by atoms with Crippen molar-refractivity contribution < 1.29 is 9.59 Å². The number of allylic oxidation sites excluding steroid dienone is 1. The van der Waals surface area contributed by atoms with Crippen molar-refractivity contribution in [3.05, 3.63) is 76.7 Å². The molecule has 0 saturated heterocycles. The lowest BCUT2D eigenvalue weighted by Crippen LogP contribution is -1.95. The molecular formula is C18H12O2S. The third-order valence-corrected chi connectivity index (χ3v) is 4.40. The Morgan fingerprint density at radius 1 is 0.952 bits per heavy atom. The highest BCUT2D eigenvalue weighted by molar-refractivity contribution is 7.21. The fraction of sp³-hybridized carbons (Fsp3) is 0. The van der Waals surface area contributed by atoms with Gasteiger partial charge in [-0.3, -0.25) is 9.59 Å². The Morgan fingerprint density at radius 3 is 2.43 bits per heavy atom. The first-order chi connectivity index (χ1) is 10.3. The molecule has 0 unspecified atom stereocenters. The van der Waals surface area contributed by atoms with Gasteiger partial charge in [0, 0.05) is 15.6 Å². The predicted molar refractivity (Wildman–Crippen MR) is 87.0 cm³/mol. The molecule has 0 aliphatic rings. The number of carbonyl (C=O) groups excluding carboxylic acids is 2. The lowest BCUT2D eigenvalue weighted by atomic mass is 10.1. The molecule has 102 valence electrons. The van der Waals surface area contributed by atoms with Gasteiger partial charge in [-0.05, 0) is 17.7 Å². The standard InChI is InChI=1S/C18H12O2S/c19-12-15-14-8-4-5-9-17(14)21-18(15)16(20)11-10-13-6-2-1-3-7-13/h1-12H/b11-10+. The second-order valence-electron chi connectivity index (χ2n) is 4.57. The minimum absolute atomic E-state index is 0.137. The molecule has 0 spiro atoms. The fourth-order valence-corrected chi connectivity index (χ4v) is 3.27. The fourth-order valence-electron chi connectivity index (χ4n) is 2.18. The van der Waals surface area contributed by atoms with Gasteiger partial charge >= 0.3 is 0 Å². The van der Waals surface area contributed by atoms with Gasteiger partial charge < -0.3 is 0 Å². The first-order valence-corrected chi connectivity index (χ1v) is 7.35. The highest BCUT2D eigenvalue weighted by Crippen LogP contribution is 2.30. The van der Waals surface area contributed by atoms with E-state index in [0.29, 0.717) is 10.4 Å². The van der Waals surface area contributed by atoms with Crippen molar-refractivity contribution >= 4 is 39.6 Å². The van der Waals surface area contributed by atoms with Gasteiger partial charge in [0.15, 0.2) is 12.1 Å². The molecule has 21 heavy (non-hydrogen) atoms. The largest absolute Gasteiger partial charge is 0.298 e. The van der Waals surface area contributed by atoms with Crippen LogP contribution in [0.3, 0.4) is 0 Å². The van der Waals surface area contributed by atoms with Crippen LogP contribution in [-0.4, -0.2) is 12.1 Å². The van der Waals surface area contributed by atoms with Crippen LogP contribution in [-0.2, 0) is 0 Å². The van der Waals surface area contributed by atoms with Gasteiger partial charge in [0.05, 0.1) is 4.88 Å². The topological polar surface area (TPSA) is 34.1 Å². The Hall–Kier alpha value is -2.52. The Kier molecular flexibility index (Phi) is 3.75. The van der Waals surface area contributed by atoms with Crippen molar-refractivity contribution in [3.63, 3.8) is 0 Å². The molecule has 1 aromatic heterocycles. The van der Waals surface area contributed by atoms with Crippen LogP contribution in [0.15, 0.2) is 60.7 Å². The molecule has 2 nitrogen and oxygen atoms in total. The molecular weight excluding hydrogens is 280 g/mol. The third-order valence-electron chi connectivity index (χ3n) is 3.20. The van der Waals surface area contributed by atoms with Crippen LogP contribution in [0.1, 0.15) is 25.6 Å². The first-order valence-electron chi connectivity index (χ1n) is 6.54. The van der Waals surface area contributed by atoms with Crippen molar-refractivity contribution in [3.8, 4) is 0 Å². The monoisotopic (exact) mass is 292 g/mol. The summed E-state index contributed by atoms with van der Waals surface area (Å²) in [6, 6.07) is 17.2. The molecule has 0 saturated carbocycles. The van der Waals surface area contributed by atoms with E-state index < -0.39 is 0 Å². The Labute approximate surface area is 126 Å². The molecule has 0 aliphatic heterocycles. The van der Waals surface area contributed by atoms with Crippen LogP contribution < -0.4 is 0 Å². The van der Waals surface area contributed by atoms with Crippen LogP contribution in [0, 0.1) is 0 Å². The van der Waals surface area contributed by atoms with Gasteiger partial charge in [0.2, 0.25) is 0 Å². The zero-order valence-corrected chi connectivity index (χ0v) is 12.0. The maximum absolute atomic E-state index is 12.3. The molecule has 0 N–H and O–H groups in total. The van der Waals surface area contributed by atoms with E-state index in [-0.39, 0.29) is 5.78 Å². The minimum Gasteiger partial charge on any atom is -0.298 e. The summed E-state index contributed by atoms with van der Waals surface area (Å²) in [5, 5.41) is 0.842. The number of thiophene rings is 1. The van der Waals surface area contributed by atoms with Crippen LogP contribution in [0.4, 0.5) is 0 Å². The maximum atomic E-state index is 12.3. The molecule has 0 fully saturated rings. The average molecular weight is 292 g/mol. The van der Waals surface area contributed by atoms with E-state index in [1.807, 2.05) is 54.6 Å². The number of benzene rings is 2. The van der Waals surface area contributed by atoms with E-state index in [2.05, 4.69) is 0 Å². The zero-order valence-electron chi connectivity index (χ0n) is 11.2. The summed E-state index contributed by atoms with van der Waals surface area (Å²) in [6.45, 7) is 0. The van der Waals surface area contributed by atoms with Gasteiger partial charge in [-0.15, -0.1) is 11.3 Å². The number of fused-ring (bicyclic) bond motifs is 1. The van der Waals surface area contributed by atoms with E-state index in [4.69, 9.17) is 0 Å². The summed E-state index contributed by atoms with van der Waals surface area (Å²) in [7, 11) is 0. The third kappa shape index (κ3) is 2.69. The van der Waals surface area contributed by atoms with Crippen molar-refractivity contribution in [2.45, 2.75) is 0 Å². The minimum atomic E-state index is -0.137. The summed E-state index contributed by atoms with van der Waals surface area (Å²) in [5.74, 6) is -0.137. The van der Waals surface area contributed by atoms with E-state index in [1.165, 1.54) is 17.4 Å². The van der Waals surface area contributed by atoms with Crippen molar-refractivity contribution in [2.24, 2.45) is 0 Å². The van der Waals surface area contributed by atoms with Gasteiger partial charge in [-0.1, -0.05) is 54.6 Å². The molecule has 1 heterocycles. The van der Waals surface area contributed by atoms with Crippen molar-refractivity contribution in [1.29, 1.82) is 0 Å². The maximum Gasteiger partial charge on any atom is 0.196 e. The lowest BCUT2D eigenvalue weighted by Gasteiger charge is -1.94. The van der Waals surface area contributed by atoms with Gasteiger partial charge in [0.25, 0.3) is 0 Å². The summed E-state index contributed by atoms with van der Waals surface area (Å²) >= 11 is 1.36. The predicted octanol–water partition coefficient (Wildman–Crippen LogP) is 4.61. The van der Waals surface area contributed by atoms with Crippen molar-refractivity contribution in [2.75, 3.05) is 0 Å². The molecule has 3 rings (SSSR count). The van der Waals surface area contributed by atoms with Gasteiger partial charge in [-0.25, -0.2) is 0 Å². The zero-order chi connectivity index (χ0) is 14.7. The molecule has 3 aromatic rings. The SMILES string of the molecule is O=Cc1c(C(=O)/C=C/c2ccccc2)sc2ccccc12. The van der Waals surface area contributed by atoms with E-state index in [1.54, 1.807) is 6.08 Å². The number of hydrogen-bond acceptors (Lipinski definition) is 3. The number of aldehydes is 1. The number of carbonyl (C=O) groups is 2. The Bertz CT molecular complexity index is 829. The highest BCUT2D eigenvalue weighted by atomic mass is 32.1. The number of rotatable bonds is 4. The van der Waals surface area contributed by atoms with Crippen molar-refractivity contribution in [1.82, 2.24) is 0 Å². The van der Waals surface area contributed by atoms with Crippen LogP contribution in [0.25, 0.3) is 16.2 Å². The summed E-state index contributed by atoms with van der Waals surface area (Å²) in [6.07, 6.45) is 4.05.